The van der Waals surface area contributed by atoms with Gasteiger partial charge in [0, 0.05) is 11.3 Å². The van der Waals surface area contributed by atoms with Crippen molar-refractivity contribution >= 4 is 23.5 Å². The molecule has 1 aromatic carbocycles. The predicted octanol–water partition coefficient (Wildman–Crippen LogP) is 1.87. The Kier molecular flexibility index (Phi) is 4.45. The Labute approximate surface area is 162 Å². The van der Waals surface area contributed by atoms with Crippen LogP contribution in [0.1, 0.15) is 33.3 Å². The number of methoxy groups -OCH3 is 1. The molecule has 28 heavy (non-hydrogen) atoms. The highest BCUT2D eigenvalue weighted by Gasteiger charge is 2.61. The normalized spacial score (nSPS) is 21.2. The summed E-state index contributed by atoms with van der Waals surface area (Å²) in [5.74, 6) is -2.50. The number of benzene rings is 1. The van der Waals surface area contributed by atoms with Gasteiger partial charge in [0.1, 0.15) is 27.9 Å². The van der Waals surface area contributed by atoms with E-state index in [9.17, 15) is 14.4 Å². The molecule has 2 aliphatic heterocycles. The second-order valence-electron chi connectivity index (χ2n) is 7.52. The average Bonchev–Trinajstić information content (AvgIpc) is 2.85. The standard InChI is InChI=1S/C20H22N2O6/c1-10-13(17(24)28-19(2,3)4)20(14(15(21)27-10)16(23)26-5)11-8-6-7-9-12(11)22-18(20)25/h6-9H,21H2,1-5H3,(H,22,25)/t20-/m0/s1. The fourth-order valence-corrected chi connectivity index (χ4v) is 3.58. The molecule has 1 aromatic rings. The number of hydrogen-bond donors (Lipinski definition) is 2. The Morgan fingerprint density at radius 1 is 1.14 bits per heavy atom. The lowest BCUT2D eigenvalue weighted by atomic mass is 9.67. The van der Waals surface area contributed by atoms with E-state index in [2.05, 4.69) is 5.32 Å². The van der Waals surface area contributed by atoms with Crippen molar-refractivity contribution in [2.24, 2.45) is 5.73 Å². The van der Waals surface area contributed by atoms with Gasteiger partial charge in [0.25, 0.3) is 0 Å². The lowest BCUT2D eigenvalue weighted by Gasteiger charge is -2.36. The van der Waals surface area contributed by atoms with Crippen LogP contribution in [0.2, 0.25) is 0 Å². The van der Waals surface area contributed by atoms with Gasteiger partial charge in [-0.15, -0.1) is 0 Å². The van der Waals surface area contributed by atoms with Gasteiger partial charge >= 0.3 is 11.9 Å². The Morgan fingerprint density at radius 2 is 1.79 bits per heavy atom. The van der Waals surface area contributed by atoms with Crippen LogP contribution in [0, 0.1) is 0 Å². The molecule has 2 heterocycles. The number of esters is 2. The zero-order valence-electron chi connectivity index (χ0n) is 16.3. The average molecular weight is 386 g/mol. The zero-order chi connectivity index (χ0) is 20.9. The molecule has 0 aliphatic carbocycles. The number of carbonyl (C=O) groups is 3. The van der Waals surface area contributed by atoms with Crippen LogP contribution < -0.4 is 11.1 Å². The maximum atomic E-state index is 13.3. The number of fused-ring (bicyclic) bond motifs is 2. The van der Waals surface area contributed by atoms with Crippen LogP contribution in [0.4, 0.5) is 5.69 Å². The van der Waals surface area contributed by atoms with E-state index < -0.39 is 28.9 Å². The van der Waals surface area contributed by atoms with E-state index in [0.717, 1.165) is 7.11 Å². The highest BCUT2D eigenvalue weighted by atomic mass is 16.6. The number of allylic oxidation sites excluding steroid dienone is 1. The zero-order valence-corrected chi connectivity index (χ0v) is 16.3. The number of carbonyl (C=O) groups excluding carboxylic acids is 3. The molecule has 2 aliphatic rings. The molecule has 0 saturated carbocycles. The molecular weight excluding hydrogens is 364 g/mol. The van der Waals surface area contributed by atoms with E-state index in [1.165, 1.54) is 6.92 Å². The Bertz CT molecular complexity index is 954. The highest BCUT2D eigenvalue weighted by molar-refractivity contribution is 6.21. The van der Waals surface area contributed by atoms with Gasteiger partial charge in [0.05, 0.1) is 7.11 Å². The van der Waals surface area contributed by atoms with Gasteiger partial charge in [0.2, 0.25) is 11.8 Å². The van der Waals surface area contributed by atoms with E-state index in [0.29, 0.717) is 11.3 Å². The van der Waals surface area contributed by atoms with Crippen molar-refractivity contribution in [2.75, 3.05) is 12.4 Å². The Morgan fingerprint density at radius 3 is 2.39 bits per heavy atom. The lowest BCUT2D eigenvalue weighted by molar-refractivity contribution is -0.152. The molecule has 8 heteroatoms. The SMILES string of the molecule is COC(=O)C1=C(N)OC(C)=C(C(=O)OC(C)(C)C)[C@]12C(=O)Nc1ccccc12. The van der Waals surface area contributed by atoms with Crippen LogP contribution in [-0.4, -0.2) is 30.6 Å². The summed E-state index contributed by atoms with van der Waals surface area (Å²) in [6, 6.07) is 6.74. The molecule has 1 spiro atoms. The molecular formula is C20H22N2O6. The summed E-state index contributed by atoms with van der Waals surface area (Å²) in [5, 5.41) is 2.72. The Balaban J connectivity index is 2.36. The second-order valence-corrected chi connectivity index (χ2v) is 7.52. The van der Waals surface area contributed by atoms with Crippen LogP contribution in [0.3, 0.4) is 0 Å². The van der Waals surface area contributed by atoms with Crippen molar-refractivity contribution in [3.05, 3.63) is 52.6 Å². The topological polar surface area (TPSA) is 117 Å². The third kappa shape index (κ3) is 2.72. The molecule has 0 bridgehead atoms. The van der Waals surface area contributed by atoms with E-state index in [-0.39, 0.29) is 22.8 Å². The first-order chi connectivity index (χ1) is 13.0. The maximum absolute atomic E-state index is 13.3. The van der Waals surface area contributed by atoms with Gasteiger partial charge in [-0.25, -0.2) is 9.59 Å². The number of hydrogen-bond acceptors (Lipinski definition) is 7. The summed E-state index contributed by atoms with van der Waals surface area (Å²) in [5.41, 5.74) is 3.81. The number of rotatable bonds is 2. The monoisotopic (exact) mass is 386 g/mol. The van der Waals surface area contributed by atoms with Gasteiger partial charge in [0.15, 0.2) is 0 Å². The molecule has 0 aromatic heterocycles. The van der Waals surface area contributed by atoms with Crippen molar-refractivity contribution in [1.82, 2.24) is 0 Å². The minimum atomic E-state index is -1.83. The molecule has 0 radical (unpaired) electrons. The minimum absolute atomic E-state index is 0.0752. The fraction of sp³-hybridized carbons (Fsp3) is 0.350. The quantitative estimate of drug-likeness (QED) is 0.745. The molecule has 1 atom stereocenters. The summed E-state index contributed by atoms with van der Waals surface area (Å²) in [6.07, 6.45) is 0. The van der Waals surface area contributed by atoms with E-state index in [1.54, 1.807) is 45.0 Å². The third-order valence-electron chi connectivity index (χ3n) is 4.52. The van der Waals surface area contributed by atoms with Gasteiger partial charge in [-0.1, -0.05) is 18.2 Å². The van der Waals surface area contributed by atoms with Crippen molar-refractivity contribution in [3.8, 4) is 0 Å². The van der Waals surface area contributed by atoms with E-state index in [1.807, 2.05) is 0 Å². The first-order valence-corrected chi connectivity index (χ1v) is 8.66. The van der Waals surface area contributed by atoms with Gasteiger partial charge < -0.3 is 25.3 Å². The smallest absolute Gasteiger partial charge is 0.340 e. The third-order valence-corrected chi connectivity index (χ3v) is 4.52. The summed E-state index contributed by atoms with van der Waals surface area (Å²) in [7, 11) is 1.16. The van der Waals surface area contributed by atoms with Gasteiger partial charge in [-0.2, -0.15) is 0 Å². The van der Waals surface area contributed by atoms with Crippen LogP contribution in [0.15, 0.2) is 47.1 Å². The maximum Gasteiger partial charge on any atom is 0.340 e. The number of amides is 1. The first kappa shape index (κ1) is 19.5. The van der Waals surface area contributed by atoms with E-state index >= 15 is 0 Å². The number of anilines is 1. The van der Waals surface area contributed by atoms with Crippen molar-refractivity contribution < 1.29 is 28.6 Å². The fourth-order valence-electron chi connectivity index (χ4n) is 3.58. The molecule has 1 amide bonds. The number of ether oxygens (including phenoxy) is 3. The molecule has 0 saturated heterocycles. The van der Waals surface area contributed by atoms with Crippen LogP contribution in [0.25, 0.3) is 0 Å². The molecule has 148 valence electrons. The lowest BCUT2D eigenvalue weighted by Crippen LogP contribution is -2.49. The molecule has 8 nitrogen and oxygen atoms in total. The second kappa shape index (κ2) is 6.40. The number of nitrogens with one attached hydrogen (secondary N) is 1. The number of para-hydroxylation sites is 1. The summed E-state index contributed by atoms with van der Waals surface area (Å²) in [6.45, 7) is 6.60. The molecule has 3 N–H and O–H groups in total. The number of nitrogens with two attached hydrogens (primary N) is 1. The summed E-state index contributed by atoms with van der Waals surface area (Å²) < 4.78 is 15.9. The largest absolute Gasteiger partial charge is 0.465 e. The highest BCUT2D eigenvalue weighted by Crippen LogP contribution is 2.52. The Hall–Kier alpha value is -3.29. The van der Waals surface area contributed by atoms with Crippen LogP contribution >= 0.6 is 0 Å². The minimum Gasteiger partial charge on any atom is -0.465 e. The van der Waals surface area contributed by atoms with E-state index in [4.69, 9.17) is 19.9 Å². The van der Waals surface area contributed by atoms with Crippen molar-refractivity contribution in [2.45, 2.75) is 38.7 Å². The summed E-state index contributed by atoms with van der Waals surface area (Å²) in [4.78, 5) is 39.1. The molecule has 3 rings (SSSR count). The summed E-state index contributed by atoms with van der Waals surface area (Å²) >= 11 is 0. The first-order valence-electron chi connectivity index (χ1n) is 8.66. The predicted molar refractivity (Wildman–Crippen MR) is 99.6 cm³/mol. The van der Waals surface area contributed by atoms with Gasteiger partial charge in [-0.3, -0.25) is 4.79 Å². The molecule has 0 unspecified atom stereocenters. The van der Waals surface area contributed by atoms with Crippen molar-refractivity contribution in [3.63, 3.8) is 0 Å². The van der Waals surface area contributed by atoms with Crippen LogP contribution in [-0.2, 0) is 34.0 Å². The molecule has 0 fully saturated rings. The van der Waals surface area contributed by atoms with Crippen molar-refractivity contribution in [1.29, 1.82) is 0 Å². The van der Waals surface area contributed by atoms with Gasteiger partial charge in [-0.05, 0) is 33.8 Å². The van der Waals surface area contributed by atoms with Crippen LogP contribution in [0.5, 0.6) is 0 Å².